The van der Waals surface area contributed by atoms with E-state index in [1.165, 1.54) is 6.33 Å². The number of aromatic nitrogens is 3. The Labute approximate surface area is 65.3 Å². The van der Waals surface area contributed by atoms with E-state index in [9.17, 15) is 0 Å². The lowest BCUT2D eigenvalue weighted by molar-refractivity contribution is 0.261. The van der Waals surface area contributed by atoms with Gasteiger partial charge in [-0.3, -0.25) is 0 Å². The molecule has 1 aromatic rings. The molecule has 0 saturated carbocycles. The molecule has 1 saturated heterocycles. The van der Waals surface area contributed by atoms with Crippen molar-refractivity contribution < 1.29 is 9.05 Å². The first-order valence-electron chi connectivity index (χ1n) is 3.31. The van der Waals surface area contributed by atoms with E-state index in [4.69, 9.17) is 9.05 Å². The van der Waals surface area contributed by atoms with E-state index in [0.717, 1.165) is 0 Å². The molecular weight excluding hydrogens is 165 g/mol. The van der Waals surface area contributed by atoms with Crippen LogP contribution >= 0.6 is 8.53 Å². The van der Waals surface area contributed by atoms with Gasteiger partial charge in [-0.05, 0) is 6.92 Å². The first-order chi connectivity index (χ1) is 5.36. The van der Waals surface area contributed by atoms with Gasteiger partial charge in [0.05, 0.1) is 12.7 Å². The molecule has 0 bridgehead atoms. The van der Waals surface area contributed by atoms with Crippen LogP contribution in [-0.4, -0.2) is 27.2 Å². The van der Waals surface area contributed by atoms with Gasteiger partial charge in [0.2, 0.25) is 0 Å². The first-order valence-corrected chi connectivity index (χ1v) is 4.44. The summed E-state index contributed by atoms with van der Waals surface area (Å²) in [7, 11) is -0.999. The quantitative estimate of drug-likeness (QED) is 0.589. The average molecular weight is 173 g/mol. The van der Waals surface area contributed by atoms with E-state index < -0.39 is 8.53 Å². The summed E-state index contributed by atoms with van der Waals surface area (Å²) in [6.45, 7) is 2.62. The topological polar surface area (TPSA) is 49.2 Å². The van der Waals surface area contributed by atoms with E-state index in [2.05, 4.69) is 10.1 Å². The normalized spacial score (nSPS) is 31.0. The molecule has 5 nitrogen and oxygen atoms in total. The van der Waals surface area contributed by atoms with Crippen LogP contribution in [-0.2, 0) is 9.05 Å². The number of nitrogens with zero attached hydrogens (tertiary/aromatic N) is 3. The molecule has 1 aliphatic heterocycles. The highest BCUT2D eigenvalue weighted by atomic mass is 31.2. The van der Waals surface area contributed by atoms with Gasteiger partial charge >= 0.3 is 8.53 Å². The molecular formula is C5H8N3O2P. The van der Waals surface area contributed by atoms with Crippen molar-refractivity contribution in [2.45, 2.75) is 13.0 Å². The maximum absolute atomic E-state index is 5.41. The number of hydrogen-bond acceptors (Lipinski definition) is 4. The van der Waals surface area contributed by atoms with Crippen molar-refractivity contribution in [3.63, 3.8) is 0 Å². The molecule has 1 fully saturated rings. The number of rotatable bonds is 1. The predicted octanol–water partition coefficient (Wildman–Crippen LogP) is 0.788. The SMILES string of the molecule is CC1COP(n2cncn2)O1. The molecule has 0 amide bonds. The Kier molecular flexibility index (Phi) is 1.85. The Morgan fingerprint density at radius 1 is 1.73 bits per heavy atom. The van der Waals surface area contributed by atoms with Gasteiger partial charge in [-0.1, -0.05) is 0 Å². The molecule has 0 aromatic carbocycles. The van der Waals surface area contributed by atoms with Crippen LogP contribution in [0.3, 0.4) is 0 Å². The summed E-state index contributed by atoms with van der Waals surface area (Å²) in [5, 5.41) is 3.92. The molecule has 0 radical (unpaired) electrons. The zero-order chi connectivity index (χ0) is 7.68. The molecule has 6 heteroatoms. The summed E-state index contributed by atoms with van der Waals surface area (Å²) < 4.78 is 12.3. The molecule has 60 valence electrons. The lowest BCUT2D eigenvalue weighted by atomic mass is 10.5. The molecule has 1 aromatic heterocycles. The highest BCUT2D eigenvalue weighted by molar-refractivity contribution is 7.45. The molecule has 11 heavy (non-hydrogen) atoms. The zero-order valence-electron chi connectivity index (χ0n) is 6.04. The third kappa shape index (κ3) is 1.40. The molecule has 2 heterocycles. The lowest BCUT2D eigenvalue weighted by Gasteiger charge is -2.05. The maximum Gasteiger partial charge on any atom is 0.313 e. The average Bonchev–Trinajstić information content (AvgIpc) is 2.55. The Morgan fingerprint density at radius 3 is 3.18 bits per heavy atom. The van der Waals surface area contributed by atoms with E-state index in [0.29, 0.717) is 6.61 Å². The minimum atomic E-state index is -0.999. The fourth-order valence-electron chi connectivity index (χ4n) is 0.777. The Bertz CT molecular complexity index is 228. The Balaban J connectivity index is 2.08. The van der Waals surface area contributed by atoms with Crippen molar-refractivity contribution in [1.29, 1.82) is 0 Å². The Morgan fingerprint density at radius 2 is 2.64 bits per heavy atom. The summed E-state index contributed by atoms with van der Waals surface area (Å²) in [6, 6.07) is 0. The Hall–Kier alpha value is -0.510. The minimum absolute atomic E-state index is 0.172. The van der Waals surface area contributed by atoms with Crippen LogP contribution in [0.2, 0.25) is 0 Å². The van der Waals surface area contributed by atoms with Crippen molar-refractivity contribution in [1.82, 2.24) is 14.5 Å². The van der Waals surface area contributed by atoms with Crippen LogP contribution in [0.1, 0.15) is 6.92 Å². The van der Waals surface area contributed by atoms with E-state index >= 15 is 0 Å². The largest absolute Gasteiger partial charge is 0.314 e. The number of hydrogen-bond donors (Lipinski definition) is 0. The van der Waals surface area contributed by atoms with Gasteiger partial charge in [0.15, 0.2) is 0 Å². The second-order valence-corrected chi connectivity index (χ2v) is 3.62. The van der Waals surface area contributed by atoms with E-state index in [1.807, 2.05) is 6.92 Å². The predicted molar refractivity (Wildman–Crippen MR) is 38.8 cm³/mol. The highest BCUT2D eigenvalue weighted by Crippen LogP contribution is 2.44. The van der Waals surface area contributed by atoms with Crippen LogP contribution in [0.15, 0.2) is 12.7 Å². The van der Waals surface area contributed by atoms with Crippen LogP contribution in [0.4, 0.5) is 0 Å². The molecule has 1 aliphatic rings. The van der Waals surface area contributed by atoms with Gasteiger partial charge in [0.25, 0.3) is 0 Å². The fourth-order valence-corrected chi connectivity index (χ4v) is 2.03. The molecule has 0 N–H and O–H groups in total. The summed E-state index contributed by atoms with van der Waals surface area (Å²) in [6.07, 6.45) is 3.24. The third-order valence-electron chi connectivity index (χ3n) is 1.26. The second-order valence-electron chi connectivity index (χ2n) is 2.27. The molecule has 0 aliphatic carbocycles. The molecule has 2 rings (SSSR count). The second kappa shape index (κ2) is 2.85. The van der Waals surface area contributed by atoms with Crippen molar-refractivity contribution >= 4 is 8.53 Å². The van der Waals surface area contributed by atoms with Crippen LogP contribution in [0.5, 0.6) is 0 Å². The van der Waals surface area contributed by atoms with Crippen molar-refractivity contribution in [2.24, 2.45) is 0 Å². The minimum Gasteiger partial charge on any atom is -0.314 e. The molecule has 2 atom stereocenters. The van der Waals surface area contributed by atoms with E-state index in [1.54, 1.807) is 10.8 Å². The van der Waals surface area contributed by atoms with Gasteiger partial charge in [-0.25, -0.2) is 4.98 Å². The van der Waals surface area contributed by atoms with Crippen molar-refractivity contribution in [3.8, 4) is 0 Å². The van der Waals surface area contributed by atoms with Gasteiger partial charge in [-0.15, -0.1) is 0 Å². The highest BCUT2D eigenvalue weighted by Gasteiger charge is 2.26. The summed E-state index contributed by atoms with van der Waals surface area (Å²) in [4.78, 5) is 3.80. The lowest BCUT2D eigenvalue weighted by Crippen LogP contribution is -2.00. The zero-order valence-corrected chi connectivity index (χ0v) is 6.94. The monoisotopic (exact) mass is 173 g/mol. The molecule has 0 spiro atoms. The third-order valence-corrected chi connectivity index (χ3v) is 2.72. The van der Waals surface area contributed by atoms with Gasteiger partial charge < -0.3 is 9.05 Å². The van der Waals surface area contributed by atoms with Crippen LogP contribution < -0.4 is 0 Å². The van der Waals surface area contributed by atoms with Crippen LogP contribution in [0.25, 0.3) is 0 Å². The van der Waals surface area contributed by atoms with Gasteiger partial charge in [0.1, 0.15) is 12.7 Å². The maximum atomic E-state index is 5.41. The first kappa shape index (κ1) is 7.16. The van der Waals surface area contributed by atoms with Crippen LogP contribution in [0, 0.1) is 0 Å². The summed E-state index contributed by atoms with van der Waals surface area (Å²) >= 11 is 0. The van der Waals surface area contributed by atoms with E-state index in [-0.39, 0.29) is 6.10 Å². The van der Waals surface area contributed by atoms with Crippen molar-refractivity contribution in [3.05, 3.63) is 12.7 Å². The van der Waals surface area contributed by atoms with Gasteiger partial charge in [-0.2, -0.15) is 9.55 Å². The fraction of sp³-hybridized carbons (Fsp3) is 0.600. The standard InChI is InChI=1S/C5H8N3O2P/c1-5-2-9-11(10-5)8-4-6-3-7-8/h3-5H,2H2,1H3. The molecule has 2 unspecified atom stereocenters. The van der Waals surface area contributed by atoms with Crippen molar-refractivity contribution in [2.75, 3.05) is 6.61 Å². The smallest absolute Gasteiger partial charge is 0.313 e. The summed E-state index contributed by atoms with van der Waals surface area (Å²) in [5.41, 5.74) is 0. The summed E-state index contributed by atoms with van der Waals surface area (Å²) in [5.74, 6) is 0. The van der Waals surface area contributed by atoms with Gasteiger partial charge in [0, 0.05) is 0 Å².